The van der Waals surface area contributed by atoms with Gasteiger partial charge in [-0.2, -0.15) is 0 Å². The Morgan fingerprint density at radius 3 is 2.30 bits per heavy atom. The van der Waals surface area contributed by atoms with Crippen molar-refractivity contribution in [1.82, 2.24) is 9.97 Å². The van der Waals surface area contributed by atoms with E-state index in [-0.39, 0.29) is 21.7 Å². The van der Waals surface area contributed by atoms with Crippen molar-refractivity contribution in [1.29, 1.82) is 0 Å². The number of hydrogen-bond donors (Lipinski definition) is 2. The molecule has 3 aromatic rings. The van der Waals surface area contributed by atoms with Crippen molar-refractivity contribution in [3.05, 3.63) is 59.0 Å². The van der Waals surface area contributed by atoms with Gasteiger partial charge in [-0.25, -0.2) is 13.4 Å². The van der Waals surface area contributed by atoms with E-state index in [4.69, 9.17) is 14.2 Å². The number of rotatable bonds is 9. The van der Waals surface area contributed by atoms with E-state index in [0.29, 0.717) is 22.9 Å². The quantitative estimate of drug-likeness (QED) is 0.341. The van der Waals surface area contributed by atoms with Gasteiger partial charge in [-0.15, -0.1) is 0 Å². The van der Waals surface area contributed by atoms with Crippen LogP contribution in [-0.2, 0) is 14.6 Å². The van der Waals surface area contributed by atoms with Crippen LogP contribution in [0.2, 0.25) is 0 Å². The molecule has 0 unspecified atom stereocenters. The summed E-state index contributed by atoms with van der Waals surface area (Å²) in [6.07, 6.45) is 0.977. The summed E-state index contributed by atoms with van der Waals surface area (Å²) in [4.78, 5) is 30.6. The highest BCUT2D eigenvalue weighted by Crippen LogP contribution is 2.29. The van der Waals surface area contributed by atoms with Crippen molar-refractivity contribution in [2.75, 3.05) is 32.4 Å². The molecular formula is C21H21N3O7S2. The fraction of sp³-hybridized carbons (Fsp3) is 0.190. The number of anilines is 1. The molecule has 0 spiro atoms. The number of ether oxygens (including phenoxy) is 3. The first-order valence-electron chi connectivity index (χ1n) is 9.41. The van der Waals surface area contributed by atoms with Crippen LogP contribution >= 0.6 is 11.8 Å². The molecule has 0 aliphatic carbocycles. The molecule has 2 N–H and O–H groups in total. The molecule has 1 heterocycles. The summed E-state index contributed by atoms with van der Waals surface area (Å²) < 4.78 is 40.9. The molecule has 1 amide bonds. The number of methoxy groups -OCH3 is 3. The van der Waals surface area contributed by atoms with Crippen LogP contribution in [0.1, 0.15) is 0 Å². The zero-order chi connectivity index (χ0) is 24.0. The molecule has 0 atom stereocenters. The minimum absolute atomic E-state index is 0.0659. The lowest BCUT2D eigenvalue weighted by atomic mass is 10.2. The smallest absolute Gasteiger partial charge is 0.270 e. The Balaban J connectivity index is 1.69. The number of nitrogens with one attached hydrogen (secondary N) is 2. The normalized spacial score (nSPS) is 11.0. The third-order valence-electron chi connectivity index (χ3n) is 4.43. The van der Waals surface area contributed by atoms with Crippen molar-refractivity contribution in [3.8, 4) is 17.2 Å². The average molecular weight is 492 g/mol. The molecule has 2 aromatic carbocycles. The molecule has 10 nitrogen and oxygen atoms in total. The molecule has 174 valence electrons. The number of sulfone groups is 1. The highest BCUT2D eigenvalue weighted by atomic mass is 32.2. The maximum absolute atomic E-state index is 12.7. The number of H-pyrrole nitrogens is 1. The predicted octanol–water partition coefficient (Wildman–Crippen LogP) is 2.36. The average Bonchev–Trinajstić information content (AvgIpc) is 2.82. The number of carbonyl (C=O) groups excluding carboxylic acids is 1. The van der Waals surface area contributed by atoms with Gasteiger partial charge in [0.15, 0.2) is 10.1 Å². The van der Waals surface area contributed by atoms with Gasteiger partial charge in [0.1, 0.15) is 17.2 Å². The number of benzene rings is 2. The minimum atomic E-state index is -4.07. The molecular weight excluding hydrogens is 470 g/mol. The molecule has 0 aliphatic heterocycles. The van der Waals surface area contributed by atoms with E-state index in [0.717, 1.165) is 18.0 Å². The maximum Gasteiger partial charge on any atom is 0.270 e. The first kappa shape index (κ1) is 24.1. The third kappa shape index (κ3) is 5.65. The zero-order valence-corrected chi connectivity index (χ0v) is 19.6. The van der Waals surface area contributed by atoms with Crippen molar-refractivity contribution < 1.29 is 27.4 Å². The first-order valence-corrected chi connectivity index (χ1v) is 11.9. The lowest BCUT2D eigenvalue weighted by Crippen LogP contribution is -2.20. The Morgan fingerprint density at radius 1 is 1.03 bits per heavy atom. The minimum Gasteiger partial charge on any atom is -0.497 e. The number of aromatic nitrogens is 2. The Bertz CT molecular complexity index is 1310. The SMILES string of the molecule is COc1ccc(S(=O)(=O)c2cnc(SCC(=O)Nc3ccc(OC)cc3OC)[nH]c2=O)cc1. The Hall–Kier alpha value is -3.51. The molecule has 3 rings (SSSR count). The van der Waals surface area contributed by atoms with Crippen LogP contribution in [0.15, 0.2) is 68.4 Å². The Labute approximate surface area is 194 Å². The standard InChI is InChI=1S/C21H21N3O7S2/c1-29-13-4-7-15(8-5-13)33(27,28)18-11-22-21(24-20(18)26)32-12-19(25)23-16-9-6-14(30-2)10-17(16)31-3/h4-11H,12H2,1-3H3,(H,23,25)(H,22,24,26). The molecule has 0 aliphatic rings. The number of nitrogens with zero attached hydrogens (tertiary/aromatic N) is 1. The van der Waals surface area contributed by atoms with Crippen LogP contribution in [-0.4, -0.2) is 51.4 Å². The number of hydrogen-bond acceptors (Lipinski definition) is 9. The van der Waals surface area contributed by atoms with Crippen LogP contribution in [0.5, 0.6) is 17.2 Å². The second kappa shape index (κ2) is 10.4. The van der Waals surface area contributed by atoms with Crippen LogP contribution in [0.25, 0.3) is 0 Å². The fourth-order valence-corrected chi connectivity index (χ4v) is 4.60. The summed E-state index contributed by atoms with van der Waals surface area (Å²) in [7, 11) is 0.376. The number of thioether (sulfide) groups is 1. The summed E-state index contributed by atoms with van der Waals surface area (Å²) in [5.41, 5.74) is -0.383. The maximum atomic E-state index is 12.7. The van der Waals surface area contributed by atoms with E-state index in [9.17, 15) is 18.0 Å². The predicted molar refractivity (Wildman–Crippen MR) is 122 cm³/mol. The lowest BCUT2D eigenvalue weighted by Gasteiger charge is -2.11. The van der Waals surface area contributed by atoms with Gasteiger partial charge in [0, 0.05) is 6.07 Å². The summed E-state index contributed by atoms with van der Waals surface area (Å²) in [6.45, 7) is 0. The number of amides is 1. The topological polar surface area (TPSA) is 137 Å². The molecule has 33 heavy (non-hydrogen) atoms. The van der Waals surface area contributed by atoms with Gasteiger partial charge in [-0.05, 0) is 36.4 Å². The molecule has 0 saturated carbocycles. The van der Waals surface area contributed by atoms with Gasteiger partial charge in [0.2, 0.25) is 15.7 Å². The Morgan fingerprint density at radius 2 is 1.70 bits per heavy atom. The third-order valence-corrected chi connectivity index (χ3v) is 7.08. The van der Waals surface area contributed by atoms with E-state index in [1.165, 1.54) is 45.6 Å². The van der Waals surface area contributed by atoms with Gasteiger partial charge >= 0.3 is 0 Å². The van der Waals surface area contributed by atoms with E-state index in [2.05, 4.69) is 15.3 Å². The van der Waals surface area contributed by atoms with Crippen molar-refractivity contribution in [3.63, 3.8) is 0 Å². The first-order chi connectivity index (χ1) is 15.8. The van der Waals surface area contributed by atoms with Crippen LogP contribution < -0.4 is 25.1 Å². The van der Waals surface area contributed by atoms with E-state index in [1.54, 1.807) is 18.2 Å². The monoisotopic (exact) mass is 491 g/mol. The molecule has 0 radical (unpaired) electrons. The van der Waals surface area contributed by atoms with Crippen LogP contribution in [0.4, 0.5) is 5.69 Å². The number of aromatic amines is 1. The van der Waals surface area contributed by atoms with Crippen LogP contribution in [0, 0.1) is 0 Å². The van der Waals surface area contributed by atoms with Gasteiger partial charge in [0.25, 0.3) is 5.56 Å². The molecule has 0 bridgehead atoms. The summed E-state index contributed by atoms with van der Waals surface area (Å²) in [5, 5.41) is 2.80. The molecule has 0 fully saturated rings. The summed E-state index contributed by atoms with van der Waals surface area (Å²) in [6, 6.07) is 10.6. The second-order valence-electron chi connectivity index (χ2n) is 6.46. The van der Waals surface area contributed by atoms with Crippen molar-refractivity contribution in [2.24, 2.45) is 0 Å². The Kier molecular flexibility index (Phi) is 7.61. The van der Waals surface area contributed by atoms with Gasteiger partial charge < -0.3 is 24.5 Å². The second-order valence-corrected chi connectivity index (χ2v) is 9.35. The van der Waals surface area contributed by atoms with Gasteiger partial charge in [0.05, 0.1) is 43.9 Å². The zero-order valence-electron chi connectivity index (χ0n) is 17.9. The lowest BCUT2D eigenvalue weighted by molar-refractivity contribution is -0.113. The highest BCUT2D eigenvalue weighted by molar-refractivity contribution is 7.99. The summed E-state index contributed by atoms with van der Waals surface area (Å²) >= 11 is 0.948. The van der Waals surface area contributed by atoms with Gasteiger partial charge in [-0.3, -0.25) is 9.59 Å². The highest BCUT2D eigenvalue weighted by Gasteiger charge is 2.22. The van der Waals surface area contributed by atoms with E-state index in [1.807, 2.05) is 0 Å². The van der Waals surface area contributed by atoms with E-state index < -0.39 is 20.3 Å². The largest absolute Gasteiger partial charge is 0.497 e. The molecule has 0 saturated heterocycles. The molecule has 1 aromatic heterocycles. The number of carbonyl (C=O) groups is 1. The van der Waals surface area contributed by atoms with Crippen molar-refractivity contribution >= 4 is 33.2 Å². The van der Waals surface area contributed by atoms with Crippen LogP contribution in [0.3, 0.4) is 0 Å². The van der Waals surface area contributed by atoms with E-state index >= 15 is 0 Å². The summed E-state index contributed by atoms with van der Waals surface area (Å²) in [5.74, 6) is 1.03. The van der Waals surface area contributed by atoms with Crippen molar-refractivity contribution in [2.45, 2.75) is 14.9 Å². The molecule has 12 heteroatoms. The fourth-order valence-electron chi connectivity index (χ4n) is 2.74. The van der Waals surface area contributed by atoms with Gasteiger partial charge in [-0.1, -0.05) is 11.8 Å².